The zero-order chi connectivity index (χ0) is 16.2. The van der Waals surface area contributed by atoms with Gasteiger partial charge in [-0.1, -0.05) is 25.0 Å². The van der Waals surface area contributed by atoms with Gasteiger partial charge in [-0.05, 0) is 49.8 Å². The molecule has 1 aromatic rings. The molecule has 1 aliphatic carbocycles. The van der Waals surface area contributed by atoms with Crippen LogP contribution in [0.15, 0.2) is 24.3 Å². The highest BCUT2D eigenvalue weighted by atomic mass is 16.5. The summed E-state index contributed by atoms with van der Waals surface area (Å²) in [5, 5.41) is 0. The maximum absolute atomic E-state index is 12.7. The van der Waals surface area contributed by atoms with E-state index in [1.807, 2.05) is 31.2 Å². The Labute approximate surface area is 138 Å². The number of benzene rings is 1. The molecule has 3 rings (SSSR count). The minimum atomic E-state index is -0.387. The van der Waals surface area contributed by atoms with Gasteiger partial charge in [0.25, 0.3) is 5.91 Å². The lowest BCUT2D eigenvalue weighted by Gasteiger charge is -2.33. The monoisotopic (exact) mass is 317 g/mol. The Hall–Kier alpha value is -1.55. The second kappa shape index (κ2) is 7.35. The third kappa shape index (κ3) is 3.69. The first-order valence-corrected chi connectivity index (χ1v) is 8.74. The van der Waals surface area contributed by atoms with Gasteiger partial charge in [0.2, 0.25) is 0 Å². The van der Waals surface area contributed by atoms with Gasteiger partial charge < -0.3 is 14.4 Å². The Morgan fingerprint density at radius 1 is 1.30 bits per heavy atom. The largest absolute Gasteiger partial charge is 0.497 e. The Bertz CT molecular complexity index is 545. The maximum Gasteiger partial charge on any atom is 0.251 e. The van der Waals surface area contributed by atoms with Crippen LogP contribution in [-0.2, 0) is 16.1 Å². The average molecular weight is 317 g/mol. The first-order valence-electron chi connectivity index (χ1n) is 8.74. The van der Waals surface area contributed by atoms with Gasteiger partial charge >= 0.3 is 0 Å². The minimum absolute atomic E-state index is 0.155. The van der Waals surface area contributed by atoms with E-state index in [2.05, 4.69) is 4.90 Å². The predicted octanol–water partition coefficient (Wildman–Crippen LogP) is 3.39. The van der Waals surface area contributed by atoms with Crippen LogP contribution in [0.5, 0.6) is 5.75 Å². The Morgan fingerprint density at radius 3 is 2.96 bits per heavy atom. The second-order valence-corrected chi connectivity index (χ2v) is 6.74. The summed E-state index contributed by atoms with van der Waals surface area (Å²) in [7, 11) is 1.65. The normalized spacial score (nSPS) is 25.0. The van der Waals surface area contributed by atoms with Crippen LogP contribution < -0.4 is 4.74 Å². The van der Waals surface area contributed by atoms with Crippen LogP contribution in [0.25, 0.3) is 0 Å². The summed E-state index contributed by atoms with van der Waals surface area (Å²) in [6.45, 7) is 3.21. The van der Waals surface area contributed by atoms with Crippen LogP contribution in [0.1, 0.15) is 44.6 Å². The fraction of sp³-hybridized carbons (Fsp3) is 0.632. The molecule has 1 aromatic carbocycles. The van der Waals surface area contributed by atoms with Crippen molar-refractivity contribution < 1.29 is 14.3 Å². The lowest BCUT2D eigenvalue weighted by Crippen LogP contribution is -2.44. The Morgan fingerprint density at radius 2 is 2.13 bits per heavy atom. The van der Waals surface area contributed by atoms with E-state index in [0.29, 0.717) is 12.6 Å². The fourth-order valence-corrected chi connectivity index (χ4v) is 3.97. The first-order chi connectivity index (χ1) is 11.2. The highest BCUT2D eigenvalue weighted by Gasteiger charge is 2.39. The standard InChI is InChI=1S/C19H27NO3/c1-14(23-13-15-6-5-8-17(12-15)22-2)19(21)20-11-10-16-7-3-4-9-18(16)20/h5-6,8,12,14,16,18H,3-4,7,9-11,13H2,1-2H3. The van der Waals surface area contributed by atoms with Crippen molar-refractivity contribution in [1.29, 1.82) is 0 Å². The van der Waals surface area contributed by atoms with Gasteiger partial charge in [-0.3, -0.25) is 4.79 Å². The highest BCUT2D eigenvalue weighted by Crippen LogP contribution is 2.36. The van der Waals surface area contributed by atoms with Crippen LogP contribution in [0.3, 0.4) is 0 Å². The summed E-state index contributed by atoms with van der Waals surface area (Å²) in [4.78, 5) is 14.8. The number of fused-ring (bicyclic) bond motifs is 1. The SMILES string of the molecule is COc1cccc(COC(C)C(=O)N2CCC3CCCCC32)c1. The summed E-state index contributed by atoms with van der Waals surface area (Å²) in [5.41, 5.74) is 1.03. The van der Waals surface area contributed by atoms with E-state index in [9.17, 15) is 4.79 Å². The van der Waals surface area contributed by atoms with Crippen molar-refractivity contribution in [2.24, 2.45) is 5.92 Å². The van der Waals surface area contributed by atoms with Crippen molar-refractivity contribution in [3.8, 4) is 5.75 Å². The molecule has 3 unspecified atom stereocenters. The Kier molecular flexibility index (Phi) is 5.21. The summed E-state index contributed by atoms with van der Waals surface area (Å²) in [6, 6.07) is 8.25. The molecule has 1 saturated carbocycles. The smallest absolute Gasteiger partial charge is 0.251 e. The third-order valence-corrected chi connectivity index (χ3v) is 5.28. The van der Waals surface area contributed by atoms with Gasteiger partial charge in [0.15, 0.2) is 0 Å². The molecule has 1 heterocycles. The number of methoxy groups -OCH3 is 1. The van der Waals surface area contributed by atoms with Crippen LogP contribution in [0, 0.1) is 5.92 Å². The number of rotatable bonds is 5. The zero-order valence-electron chi connectivity index (χ0n) is 14.2. The summed E-state index contributed by atoms with van der Waals surface area (Å²) < 4.78 is 11.1. The van der Waals surface area contributed by atoms with E-state index in [0.717, 1.165) is 23.8 Å². The molecule has 4 heteroatoms. The lowest BCUT2D eigenvalue weighted by molar-refractivity contribution is -0.145. The van der Waals surface area contributed by atoms with E-state index in [4.69, 9.17) is 9.47 Å². The molecule has 0 N–H and O–H groups in total. The molecule has 1 saturated heterocycles. The molecule has 2 aliphatic rings. The number of carbonyl (C=O) groups is 1. The molecule has 126 valence electrons. The van der Waals surface area contributed by atoms with E-state index in [1.54, 1.807) is 7.11 Å². The van der Waals surface area contributed by atoms with Crippen LogP contribution in [0.4, 0.5) is 0 Å². The number of likely N-dealkylation sites (tertiary alicyclic amines) is 1. The molecule has 23 heavy (non-hydrogen) atoms. The number of amides is 1. The van der Waals surface area contributed by atoms with E-state index in [1.165, 1.54) is 32.1 Å². The van der Waals surface area contributed by atoms with Crippen molar-refractivity contribution in [2.75, 3.05) is 13.7 Å². The second-order valence-electron chi connectivity index (χ2n) is 6.74. The summed E-state index contributed by atoms with van der Waals surface area (Å²) in [5.74, 6) is 1.69. The van der Waals surface area contributed by atoms with Gasteiger partial charge in [0.05, 0.1) is 13.7 Å². The molecule has 0 spiro atoms. The first kappa shape index (κ1) is 16.3. The van der Waals surface area contributed by atoms with Gasteiger partial charge in [0.1, 0.15) is 11.9 Å². The van der Waals surface area contributed by atoms with Crippen molar-refractivity contribution in [1.82, 2.24) is 4.90 Å². The van der Waals surface area contributed by atoms with Crippen LogP contribution >= 0.6 is 0 Å². The number of hydrogen-bond acceptors (Lipinski definition) is 3. The zero-order valence-corrected chi connectivity index (χ0v) is 14.2. The molecular formula is C19H27NO3. The van der Waals surface area contributed by atoms with Crippen molar-refractivity contribution in [3.05, 3.63) is 29.8 Å². The molecule has 0 bridgehead atoms. The summed E-state index contributed by atoms with van der Waals surface area (Å²) in [6.07, 6.45) is 5.81. The molecule has 4 nitrogen and oxygen atoms in total. The molecule has 1 amide bonds. The van der Waals surface area contributed by atoms with Gasteiger partial charge in [-0.15, -0.1) is 0 Å². The molecule has 3 atom stereocenters. The maximum atomic E-state index is 12.7. The van der Waals surface area contributed by atoms with Crippen molar-refractivity contribution >= 4 is 5.91 Å². The van der Waals surface area contributed by atoms with Crippen LogP contribution in [0.2, 0.25) is 0 Å². The predicted molar refractivity (Wildman–Crippen MR) is 89.3 cm³/mol. The number of hydrogen-bond donors (Lipinski definition) is 0. The minimum Gasteiger partial charge on any atom is -0.497 e. The topological polar surface area (TPSA) is 38.8 Å². The van der Waals surface area contributed by atoms with Crippen molar-refractivity contribution in [2.45, 2.75) is 57.8 Å². The quantitative estimate of drug-likeness (QED) is 0.835. The molecule has 1 aliphatic heterocycles. The van der Waals surface area contributed by atoms with Crippen LogP contribution in [-0.4, -0.2) is 36.6 Å². The average Bonchev–Trinajstić information content (AvgIpc) is 3.03. The number of ether oxygens (including phenoxy) is 2. The Balaban J connectivity index is 1.55. The third-order valence-electron chi connectivity index (χ3n) is 5.28. The lowest BCUT2D eigenvalue weighted by atomic mass is 9.85. The summed E-state index contributed by atoms with van der Waals surface area (Å²) >= 11 is 0. The van der Waals surface area contributed by atoms with E-state index < -0.39 is 0 Å². The molecule has 0 aromatic heterocycles. The van der Waals surface area contributed by atoms with Crippen molar-refractivity contribution in [3.63, 3.8) is 0 Å². The number of nitrogens with zero attached hydrogens (tertiary/aromatic N) is 1. The van der Waals surface area contributed by atoms with E-state index in [-0.39, 0.29) is 12.0 Å². The fourth-order valence-electron chi connectivity index (χ4n) is 3.97. The van der Waals surface area contributed by atoms with Gasteiger partial charge in [-0.2, -0.15) is 0 Å². The van der Waals surface area contributed by atoms with Gasteiger partial charge in [0, 0.05) is 12.6 Å². The highest BCUT2D eigenvalue weighted by molar-refractivity contribution is 5.81. The molecule has 2 fully saturated rings. The number of carbonyl (C=O) groups excluding carboxylic acids is 1. The molecular weight excluding hydrogens is 290 g/mol. The van der Waals surface area contributed by atoms with Gasteiger partial charge in [-0.25, -0.2) is 0 Å². The molecule has 0 radical (unpaired) electrons. The van der Waals surface area contributed by atoms with E-state index >= 15 is 0 Å².